The summed E-state index contributed by atoms with van der Waals surface area (Å²) in [7, 11) is 0. The third kappa shape index (κ3) is 4.31. The smallest absolute Gasteiger partial charge is 0.224 e. The van der Waals surface area contributed by atoms with Gasteiger partial charge in [0.2, 0.25) is 5.91 Å². The second-order valence-corrected chi connectivity index (χ2v) is 6.50. The van der Waals surface area contributed by atoms with Crippen molar-refractivity contribution in [3.05, 3.63) is 76.5 Å². The molecular weight excluding hydrogens is 334 g/mol. The lowest BCUT2D eigenvalue weighted by molar-refractivity contribution is -0.116. The summed E-state index contributed by atoms with van der Waals surface area (Å²) in [5, 5.41) is 3.55. The van der Waals surface area contributed by atoms with Gasteiger partial charge in [-0.3, -0.25) is 4.79 Å². The number of hydrogen-bond donors (Lipinski definition) is 1. The van der Waals surface area contributed by atoms with Crippen molar-refractivity contribution in [1.82, 2.24) is 0 Å². The van der Waals surface area contributed by atoms with Crippen LogP contribution < -0.4 is 5.32 Å². The van der Waals surface area contributed by atoms with Crippen molar-refractivity contribution in [2.75, 3.05) is 5.32 Å². The van der Waals surface area contributed by atoms with Gasteiger partial charge in [0, 0.05) is 29.1 Å². The predicted molar refractivity (Wildman–Crippen MR) is 102 cm³/mol. The van der Waals surface area contributed by atoms with E-state index in [0.717, 1.165) is 28.3 Å². The Labute approximate surface area is 152 Å². The Morgan fingerprint density at radius 3 is 2.56 bits per heavy atom. The van der Waals surface area contributed by atoms with Crippen molar-refractivity contribution >= 4 is 23.2 Å². The Morgan fingerprint density at radius 1 is 1.04 bits per heavy atom. The number of rotatable bonds is 5. The number of amides is 1. The summed E-state index contributed by atoms with van der Waals surface area (Å²) in [6.07, 6.45) is 0.907. The number of aryl methyl sites for hydroxylation is 2. The third-order valence-electron chi connectivity index (χ3n) is 4.14. The van der Waals surface area contributed by atoms with Gasteiger partial charge in [-0.15, -0.1) is 0 Å². The molecule has 3 nitrogen and oxygen atoms in total. The molecule has 1 amide bonds. The van der Waals surface area contributed by atoms with E-state index >= 15 is 0 Å². The van der Waals surface area contributed by atoms with Gasteiger partial charge in [-0.1, -0.05) is 47.5 Å². The molecule has 0 unspecified atom stereocenters. The van der Waals surface area contributed by atoms with Crippen molar-refractivity contribution in [3.63, 3.8) is 0 Å². The van der Waals surface area contributed by atoms with Crippen LogP contribution in [-0.4, -0.2) is 5.91 Å². The first-order valence-electron chi connectivity index (χ1n) is 8.23. The predicted octanol–water partition coefficient (Wildman–Crippen LogP) is 5.79. The molecular formula is C21H20ClNO2. The number of halogens is 1. The lowest BCUT2D eigenvalue weighted by Gasteiger charge is -2.09. The van der Waals surface area contributed by atoms with E-state index < -0.39 is 0 Å². The monoisotopic (exact) mass is 353 g/mol. The lowest BCUT2D eigenvalue weighted by atomic mass is 10.1. The van der Waals surface area contributed by atoms with Crippen molar-refractivity contribution in [1.29, 1.82) is 0 Å². The Kier molecular flexibility index (Phi) is 5.25. The second-order valence-electron chi connectivity index (χ2n) is 6.09. The van der Waals surface area contributed by atoms with Crippen LogP contribution in [-0.2, 0) is 11.2 Å². The molecule has 0 aliphatic rings. The van der Waals surface area contributed by atoms with Crippen molar-refractivity contribution < 1.29 is 9.21 Å². The number of furan rings is 1. The van der Waals surface area contributed by atoms with Crippen LogP contribution in [0.5, 0.6) is 0 Å². The van der Waals surface area contributed by atoms with Gasteiger partial charge in [0.1, 0.15) is 11.5 Å². The standard InChI is InChI=1S/C21H20ClNO2/c1-14-6-8-16(9-7-14)20-12-10-17(25-20)11-13-21(24)23-19-5-3-4-18(22)15(19)2/h3-10,12H,11,13H2,1-2H3,(H,23,24). The van der Waals surface area contributed by atoms with E-state index in [1.807, 2.05) is 49.4 Å². The molecule has 0 fully saturated rings. The molecule has 4 heteroatoms. The maximum atomic E-state index is 12.2. The molecule has 0 radical (unpaired) electrons. The molecule has 0 spiro atoms. The second kappa shape index (κ2) is 7.58. The molecule has 3 aromatic rings. The van der Waals surface area contributed by atoms with Crippen LogP contribution in [0.4, 0.5) is 5.69 Å². The first-order chi connectivity index (χ1) is 12.0. The van der Waals surface area contributed by atoms with E-state index in [1.54, 1.807) is 0 Å². The Bertz CT molecular complexity index is 881. The lowest BCUT2D eigenvalue weighted by Crippen LogP contribution is -2.13. The molecule has 0 aliphatic carbocycles. The fourth-order valence-electron chi connectivity index (χ4n) is 2.58. The molecule has 1 aromatic heterocycles. The Morgan fingerprint density at radius 2 is 1.80 bits per heavy atom. The largest absolute Gasteiger partial charge is 0.461 e. The van der Waals surface area contributed by atoms with Gasteiger partial charge < -0.3 is 9.73 Å². The van der Waals surface area contributed by atoms with Crippen LogP contribution in [0.15, 0.2) is 59.0 Å². The zero-order valence-electron chi connectivity index (χ0n) is 14.3. The number of nitrogens with one attached hydrogen (secondary N) is 1. The summed E-state index contributed by atoms with van der Waals surface area (Å²) in [6, 6.07) is 17.5. The van der Waals surface area contributed by atoms with E-state index in [2.05, 4.69) is 24.4 Å². The van der Waals surface area contributed by atoms with Crippen molar-refractivity contribution in [3.8, 4) is 11.3 Å². The van der Waals surface area contributed by atoms with E-state index in [4.69, 9.17) is 16.0 Å². The molecule has 128 valence electrons. The highest BCUT2D eigenvalue weighted by atomic mass is 35.5. The van der Waals surface area contributed by atoms with Crippen molar-refractivity contribution in [2.45, 2.75) is 26.7 Å². The minimum absolute atomic E-state index is 0.0568. The SMILES string of the molecule is Cc1ccc(-c2ccc(CCC(=O)Nc3cccc(Cl)c3C)o2)cc1. The van der Waals surface area contributed by atoms with E-state index in [0.29, 0.717) is 17.9 Å². The maximum absolute atomic E-state index is 12.2. The molecule has 25 heavy (non-hydrogen) atoms. The molecule has 1 N–H and O–H groups in total. The van der Waals surface area contributed by atoms with Gasteiger partial charge in [0.05, 0.1) is 0 Å². The van der Waals surface area contributed by atoms with Crippen LogP contribution in [0, 0.1) is 13.8 Å². The number of carbonyl (C=O) groups is 1. The third-order valence-corrected chi connectivity index (χ3v) is 4.55. The minimum atomic E-state index is -0.0568. The Balaban J connectivity index is 1.59. The van der Waals surface area contributed by atoms with Gasteiger partial charge in [0.15, 0.2) is 0 Å². The highest BCUT2D eigenvalue weighted by Crippen LogP contribution is 2.24. The molecule has 2 aromatic carbocycles. The molecule has 0 aliphatic heterocycles. The van der Waals surface area contributed by atoms with Crippen LogP contribution in [0.25, 0.3) is 11.3 Å². The van der Waals surface area contributed by atoms with Crippen LogP contribution in [0.2, 0.25) is 5.02 Å². The zero-order valence-corrected chi connectivity index (χ0v) is 15.1. The van der Waals surface area contributed by atoms with Crippen molar-refractivity contribution in [2.24, 2.45) is 0 Å². The fraction of sp³-hybridized carbons (Fsp3) is 0.190. The highest BCUT2D eigenvalue weighted by molar-refractivity contribution is 6.31. The Hall–Kier alpha value is -2.52. The van der Waals surface area contributed by atoms with Gasteiger partial charge in [-0.05, 0) is 43.7 Å². The minimum Gasteiger partial charge on any atom is -0.461 e. The summed E-state index contributed by atoms with van der Waals surface area (Å²) in [5.74, 6) is 1.56. The van der Waals surface area contributed by atoms with Gasteiger partial charge in [0.25, 0.3) is 0 Å². The number of benzene rings is 2. The number of hydrogen-bond acceptors (Lipinski definition) is 2. The summed E-state index contributed by atoms with van der Waals surface area (Å²) >= 11 is 6.07. The summed E-state index contributed by atoms with van der Waals surface area (Å²) in [5.41, 5.74) is 3.87. The summed E-state index contributed by atoms with van der Waals surface area (Å²) in [4.78, 5) is 12.2. The highest BCUT2D eigenvalue weighted by Gasteiger charge is 2.10. The molecule has 0 saturated heterocycles. The van der Waals surface area contributed by atoms with Crippen LogP contribution in [0.3, 0.4) is 0 Å². The quantitative estimate of drug-likeness (QED) is 0.631. The number of anilines is 1. The van der Waals surface area contributed by atoms with Crippen LogP contribution >= 0.6 is 11.6 Å². The fourth-order valence-corrected chi connectivity index (χ4v) is 2.75. The molecule has 0 saturated carbocycles. The molecule has 0 bridgehead atoms. The van der Waals surface area contributed by atoms with Gasteiger partial charge in [-0.2, -0.15) is 0 Å². The van der Waals surface area contributed by atoms with E-state index in [1.165, 1.54) is 5.56 Å². The van der Waals surface area contributed by atoms with E-state index in [9.17, 15) is 4.79 Å². The first-order valence-corrected chi connectivity index (χ1v) is 8.61. The average Bonchev–Trinajstić information content (AvgIpc) is 3.07. The zero-order chi connectivity index (χ0) is 17.8. The normalized spacial score (nSPS) is 10.7. The molecule has 3 rings (SSSR count). The maximum Gasteiger partial charge on any atom is 0.224 e. The van der Waals surface area contributed by atoms with E-state index in [-0.39, 0.29) is 5.91 Å². The molecule has 0 atom stereocenters. The van der Waals surface area contributed by atoms with Crippen LogP contribution in [0.1, 0.15) is 23.3 Å². The number of carbonyl (C=O) groups excluding carboxylic acids is 1. The molecule has 1 heterocycles. The summed E-state index contributed by atoms with van der Waals surface area (Å²) in [6.45, 7) is 3.94. The average molecular weight is 354 g/mol. The topological polar surface area (TPSA) is 42.2 Å². The van der Waals surface area contributed by atoms with Gasteiger partial charge in [-0.25, -0.2) is 0 Å². The van der Waals surface area contributed by atoms with Gasteiger partial charge >= 0.3 is 0 Å². The first kappa shape index (κ1) is 17.3. The summed E-state index contributed by atoms with van der Waals surface area (Å²) < 4.78 is 5.85.